The lowest BCUT2D eigenvalue weighted by molar-refractivity contribution is -0.120. The zero-order chi connectivity index (χ0) is 28.2. The molecule has 5 rings (SSSR count). The molecule has 0 unspecified atom stereocenters. The first kappa shape index (κ1) is 25.8. The van der Waals surface area contributed by atoms with E-state index in [1.165, 1.54) is 17.0 Å². The van der Waals surface area contributed by atoms with Crippen LogP contribution in [0.4, 0.5) is 11.6 Å². The van der Waals surface area contributed by atoms with Crippen LogP contribution < -0.4 is 21.9 Å². The fraction of sp³-hybridized carbons (Fsp3) is 0.107. The topological polar surface area (TPSA) is 174 Å². The number of nitrogen functional groups attached to an aromatic ring is 1. The Kier molecular flexibility index (Phi) is 7.02. The van der Waals surface area contributed by atoms with Crippen LogP contribution in [-0.2, 0) is 18.4 Å². The molecule has 2 amide bonds. The van der Waals surface area contributed by atoms with Gasteiger partial charge in [0.15, 0.2) is 0 Å². The lowest BCUT2D eigenvalue weighted by atomic mass is 10.1. The van der Waals surface area contributed by atoms with Crippen LogP contribution in [0.3, 0.4) is 0 Å². The van der Waals surface area contributed by atoms with Crippen molar-refractivity contribution in [2.24, 2.45) is 7.05 Å². The number of carbonyl (C=O) groups excluding carboxylic acids is 2. The molecule has 12 nitrogen and oxygen atoms in total. The first-order chi connectivity index (χ1) is 19.4. The Morgan fingerprint density at radius 3 is 2.58 bits per heavy atom. The van der Waals surface area contributed by atoms with Gasteiger partial charge in [0, 0.05) is 41.9 Å². The van der Waals surface area contributed by atoms with Gasteiger partial charge in [-0.05, 0) is 36.4 Å². The number of benzene rings is 1. The molecule has 0 saturated carbocycles. The maximum Gasteiger partial charge on any atom is 0.268 e. The third-order valence-electron chi connectivity index (χ3n) is 6.23. The SMILES string of the molecule is Cn1cc(-c2ccc(NC(=O)c3ccc(CNC(=O)CC#N)n(-c4ccccc4)c3=O)nc2)c2c(N)ncnc21. The van der Waals surface area contributed by atoms with Gasteiger partial charge < -0.3 is 20.9 Å². The van der Waals surface area contributed by atoms with E-state index in [0.29, 0.717) is 28.2 Å². The van der Waals surface area contributed by atoms with Crippen LogP contribution in [0.2, 0.25) is 0 Å². The second kappa shape index (κ2) is 10.9. The van der Waals surface area contributed by atoms with Gasteiger partial charge in [-0.1, -0.05) is 18.2 Å². The fourth-order valence-electron chi connectivity index (χ4n) is 4.33. The number of nitrogens with one attached hydrogen (secondary N) is 2. The number of aryl methyl sites for hydroxylation is 1. The summed E-state index contributed by atoms with van der Waals surface area (Å²) in [7, 11) is 1.86. The largest absolute Gasteiger partial charge is 0.383 e. The minimum absolute atomic E-state index is 0.000707. The molecule has 0 radical (unpaired) electrons. The van der Waals surface area contributed by atoms with Crippen molar-refractivity contribution in [3.8, 4) is 22.9 Å². The number of pyridine rings is 2. The molecule has 0 atom stereocenters. The number of nitrogens with zero attached hydrogens (tertiary/aromatic N) is 6. The van der Waals surface area contributed by atoms with Crippen molar-refractivity contribution in [1.82, 2.24) is 29.4 Å². The molecular formula is C28H23N9O3. The molecule has 0 aliphatic rings. The van der Waals surface area contributed by atoms with Crippen LogP contribution in [-0.4, -0.2) is 35.9 Å². The second-order valence-corrected chi connectivity index (χ2v) is 8.82. The van der Waals surface area contributed by atoms with E-state index in [4.69, 9.17) is 11.0 Å². The number of anilines is 2. The van der Waals surface area contributed by atoms with Gasteiger partial charge in [-0.15, -0.1) is 0 Å². The number of hydrogen-bond donors (Lipinski definition) is 3. The van der Waals surface area contributed by atoms with Gasteiger partial charge in [0.05, 0.1) is 18.0 Å². The maximum atomic E-state index is 13.5. The number of carbonyl (C=O) groups is 2. The van der Waals surface area contributed by atoms with Crippen LogP contribution in [0.1, 0.15) is 22.5 Å². The fourth-order valence-corrected chi connectivity index (χ4v) is 4.33. The van der Waals surface area contributed by atoms with Gasteiger partial charge in [0.2, 0.25) is 5.91 Å². The van der Waals surface area contributed by atoms with E-state index in [-0.39, 0.29) is 24.3 Å². The average molecular weight is 534 g/mol. The highest BCUT2D eigenvalue weighted by Gasteiger charge is 2.18. The third kappa shape index (κ3) is 4.99. The highest BCUT2D eigenvalue weighted by Crippen LogP contribution is 2.32. The lowest BCUT2D eigenvalue weighted by Gasteiger charge is -2.15. The number of rotatable bonds is 7. The molecule has 4 heterocycles. The van der Waals surface area contributed by atoms with E-state index in [9.17, 15) is 14.4 Å². The Hall–Kier alpha value is -5.83. The van der Waals surface area contributed by atoms with Crippen molar-refractivity contribution >= 4 is 34.5 Å². The Balaban J connectivity index is 1.42. The van der Waals surface area contributed by atoms with Crippen molar-refractivity contribution in [1.29, 1.82) is 5.26 Å². The van der Waals surface area contributed by atoms with Gasteiger partial charge in [-0.2, -0.15) is 5.26 Å². The van der Waals surface area contributed by atoms with Crippen molar-refractivity contribution in [2.75, 3.05) is 11.1 Å². The number of nitrogens with two attached hydrogens (primary N) is 1. The summed E-state index contributed by atoms with van der Waals surface area (Å²) >= 11 is 0. The van der Waals surface area contributed by atoms with Gasteiger partial charge in [0.1, 0.15) is 35.6 Å². The predicted octanol–water partition coefficient (Wildman–Crippen LogP) is 2.55. The molecule has 198 valence electrons. The smallest absolute Gasteiger partial charge is 0.268 e. The van der Waals surface area contributed by atoms with Gasteiger partial charge in [-0.3, -0.25) is 19.0 Å². The summed E-state index contributed by atoms with van der Waals surface area (Å²) in [4.78, 5) is 51.2. The molecule has 1 aromatic carbocycles. The van der Waals surface area contributed by atoms with Gasteiger partial charge in [0.25, 0.3) is 11.5 Å². The summed E-state index contributed by atoms with van der Waals surface area (Å²) in [6.07, 6.45) is 4.57. The van der Waals surface area contributed by atoms with E-state index >= 15 is 0 Å². The molecule has 4 aromatic heterocycles. The normalized spacial score (nSPS) is 10.7. The average Bonchev–Trinajstić information content (AvgIpc) is 3.30. The van der Waals surface area contributed by atoms with Crippen LogP contribution >= 0.6 is 0 Å². The summed E-state index contributed by atoms with van der Waals surface area (Å²) in [5.41, 5.74) is 8.60. The molecular weight excluding hydrogens is 510 g/mol. The van der Waals surface area contributed by atoms with Crippen LogP contribution in [0.15, 0.2) is 78.1 Å². The number of fused-ring (bicyclic) bond motifs is 1. The van der Waals surface area contributed by atoms with Crippen molar-refractivity contribution < 1.29 is 9.59 Å². The second-order valence-electron chi connectivity index (χ2n) is 8.82. The number of amides is 2. The van der Waals surface area contributed by atoms with E-state index in [1.54, 1.807) is 60.8 Å². The highest BCUT2D eigenvalue weighted by atomic mass is 16.2. The van der Waals surface area contributed by atoms with Crippen molar-refractivity contribution in [3.63, 3.8) is 0 Å². The zero-order valence-electron chi connectivity index (χ0n) is 21.3. The number of aromatic nitrogens is 5. The van der Waals surface area contributed by atoms with Crippen LogP contribution in [0.25, 0.3) is 27.8 Å². The quantitative estimate of drug-likeness (QED) is 0.286. The molecule has 0 aliphatic heterocycles. The third-order valence-corrected chi connectivity index (χ3v) is 6.23. The maximum absolute atomic E-state index is 13.5. The molecule has 12 heteroatoms. The van der Waals surface area contributed by atoms with Gasteiger partial charge in [-0.25, -0.2) is 15.0 Å². The van der Waals surface area contributed by atoms with Crippen molar-refractivity contribution in [3.05, 3.63) is 94.9 Å². The Morgan fingerprint density at radius 1 is 1.05 bits per heavy atom. The summed E-state index contributed by atoms with van der Waals surface area (Å²) in [5.74, 6) is -0.514. The first-order valence-corrected chi connectivity index (χ1v) is 12.1. The predicted molar refractivity (Wildman–Crippen MR) is 148 cm³/mol. The van der Waals surface area contributed by atoms with E-state index in [0.717, 1.165) is 11.1 Å². The minimum Gasteiger partial charge on any atom is -0.383 e. The highest BCUT2D eigenvalue weighted by molar-refractivity contribution is 6.04. The Bertz CT molecular complexity index is 1840. The van der Waals surface area contributed by atoms with E-state index in [1.807, 2.05) is 17.8 Å². The molecule has 0 saturated heterocycles. The van der Waals surface area contributed by atoms with Crippen LogP contribution in [0.5, 0.6) is 0 Å². The molecule has 0 aliphatic carbocycles. The van der Waals surface area contributed by atoms with E-state index in [2.05, 4.69) is 25.6 Å². The lowest BCUT2D eigenvalue weighted by Crippen LogP contribution is -2.32. The summed E-state index contributed by atoms with van der Waals surface area (Å²) in [6.45, 7) is -0.000707. The minimum atomic E-state index is -0.641. The molecule has 40 heavy (non-hydrogen) atoms. The van der Waals surface area contributed by atoms with Crippen LogP contribution in [0, 0.1) is 11.3 Å². The molecule has 0 spiro atoms. The summed E-state index contributed by atoms with van der Waals surface area (Å²) < 4.78 is 3.19. The Morgan fingerprint density at radius 2 is 1.85 bits per heavy atom. The molecule has 4 N–H and O–H groups in total. The number of hydrogen-bond acceptors (Lipinski definition) is 8. The number of para-hydroxylation sites is 1. The standard InChI is InChI=1S/C28H23N9O3/c1-36-15-21(24-25(30)33-16-34-26(24)36)17-7-10-22(31-13-17)35-27(39)20-9-8-19(14-32-23(38)11-12-29)37(28(20)40)18-5-3-2-4-6-18/h2-10,13,15-16H,11,14H2,1H3,(H,32,38)(H2,30,33,34)(H,31,35,39). The monoisotopic (exact) mass is 533 g/mol. The molecule has 0 bridgehead atoms. The molecule has 0 fully saturated rings. The Labute approximate surface area is 227 Å². The number of nitriles is 1. The first-order valence-electron chi connectivity index (χ1n) is 12.1. The van der Waals surface area contributed by atoms with E-state index < -0.39 is 17.4 Å². The summed E-state index contributed by atoms with van der Waals surface area (Å²) in [5, 5.41) is 14.7. The summed E-state index contributed by atoms with van der Waals surface area (Å²) in [6, 6.07) is 16.9. The van der Waals surface area contributed by atoms with Crippen molar-refractivity contribution in [2.45, 2.75) is 13.0 Å². The molecule has 5 aromatic rings. The van der Waals surface area contributed by atoms with Gasteiger partial charge >= 0.3 is 0 Å². The zero-order valence-corrected chi connectivity index (χ0v) is 21.3.